The number of aromatic amines is 2. The Bertz CT molecular complexity index is 2170. The van der Waals surface area contributed by atoms with Crippen molar-refractivity contribution in [2.45, 2.75) is 58.7 Å². The van der Waals surface area contributed by atoms with Crippen molar-refractivity contribution in [3.8, 4) is 22.5 Å². The Labute approximate surface area is 325 Å². The van der Waals surface area contributed by atoms with Crippen LogP contribution in [0.25, 0.3) is 22.5 Å². The fourth-order valence-corrected chi connectivity index (χ4v) is 6.78. The molecule has 4 amide bonds. The first kappa shape index (κ1) is 39.2. The zero-order valence-electron chi connectivity index (χ0n) is 32.1. The predicted molar refractivity (Wildman–Crippen MR) is 208 cm³/mol. The lowest BCUT2D eigenvalue weighted by Crippen LogP contribution is -2.43. The van der Waals surface area contributed by atoms with Crippen molar-refractivity contribution in [3.05, 3.63) is 113 Å². The molecule has 15 heteroatoms. The Balaban J connectivity index is 1.12. The minimum absolute atomic E-state index is 0.153. The van der Waals surface area contributed by atoms with Gasteiger partial charge < -0.3 is 39.9 Å². The van der Waals surface area contributed by atoms with Crippen LogP contribution in [0.5, 0.6) is 0 Å². The molecule has 0 fully saturated rings. The van der Waals surface area contributed by atoms with Gasteiger partial charge in [-0.15, -0.1) is 0 Å². The number of fused-ring (bicyclic) bond motifs is 2. The van der Waals surface area contributed by atoms with Gasteiger partial charge in [-0.25, -0.2) is 19.6 Å². The van der Waals surface area contributed by atoms with Crippen molar-refractivity contribution in [3.63, 3.8) is 0 Å². The van der Waals surface area contributed by atoms with Gasteiger partial charge in [0.15, 0.2) is 0 Å². The number of hydrogen-bond acceptors (Lipinski definition) is 9. The van der Waals surface area contributed by atoms with Crippen LogP contribution in [0.2, 0.25) is 0 Å². The molecule has 0 radical (unpaired) electrons. The number of carbonyl (C=O) groups is 4. The second-order valence-electron chi connectivity index (χ2n) is 13.6. The van der Waals surface area contributed by atoms with Gasteiger partial charge in [-0.2, -0.15) is 0 Å². The van der Waals surface area contributed by atoms with Gasteiger partial charge in [-0.05, 0) is 59.2 Å². The molecular formula is C41H47N9O6. The van der Waals surface area contributed by atoms with Crippen LogP contribution < -0.4 is 10.6 Å². The summed E-state index contributed by atoms with van der Waals surface area (Å²) in [5.41, 5.74) is 8.71. The molecule has 1 aliphatic carbocycles. The van der Waals surface area contributed by atoms with Crippen molar-refractivity contribution in [1.82, 2.24) is 45.4 Å². The van der Waals surface area contributed by atoms with Crippen LogP contribution in [-0.4, -0.2) is 92.6 Å². The van der Waals surface area contributed by atoms with Gasteiger partial charge in [0.25, 0.3) is 0 Å². The molecule has 6 rings (SSSR count). The van der Waals surface area contributed by atoms with E-state index in [9.17, 15) is 19.2 Å². The van der Waals surface area contributed by atoms with Crippen molar-refractivity contribution in [2.75, 3.05) is 33.9 Å². The maximum absolute atomic E-state index is 13.8. The van der Waals surface area contributed by atoms with Crippen LogP contribution in [0.3, 0.4) is 0 Å². The van der Waals surface area contributed by atoms with Gasteiger partial charge in [-0.1, -0.05) is 56.3 Å². The number of amides is 4. The highest BCUT2D eigenvalue weighted by Crippen LogP contribution is 2.32. The van der Waals surface area contributed by atoms with E-state index in [0.29, 0.717) is 36.7 Å². The molecule has 56 heavy (non-hydrogen) atoms. The summed E-state index contributed by atoms with van der Waals surface area (Å²) in [5.74, 6) is 0.782. The maximum Gasteiger partial charge on any atom is 0.407 e. The number of rotatable bonds is 15. The van der Waals surface area contributed by atoms with Gasteiger partial charge in [0, 0.05) is 37.0 Å². The van der Waals surface area contributed by atoms with Crippen LogP contribution in [0.4, 0.5) is 9.59 Å². The normalized spacial score (nSPS) is 12.1. The van der Waals surface area contributed by atoms with Crippen molar-refractivity contribution in [2.24, 2.45) is 0 Å². The first-order valence-electron chi connectivity index (χ1n) is 18.6. The molecule has 0 unspecified atom stereocenters. The van der Waals surface area contributed by atoms with E-state index in [4.69, 9.17) is 9.72 Å². The summed E-state index contributed by atoms with van der Waals surface area (Å²) in [4.78, 5) is 74.3. The summed E-state index contributed by atoms with van der Waals surface area (Å²) >= 11 is 0. The number of methoxy groups -OCH3 is 2. The molecule has 0 spiro atoms. The first-order valence-corrected chi connectivity index (χ1v) is 18.6. The molecule has 15 nitrogen and oxygen atoms in total. The topological polar surface area (TPSA) is 188 Å². The van der Waals surface area contributed by atoms with E-state index in [1.54, 1.807) is 34.3 Å². The van der Waals surface area contributed by atoms with Gasteiger partial charge in [0.2, 0.25) is 11.8 Å². The van der Waals surface area contributed by atoms with Gasteiger partial charge in [0.1, 0.15) is 24.2 Å². The maximum atomic E-state index is 13.8. The number of benzene rings is 2. The predicted octanol–water partition coefficient (Wildman–Crippen LogP) is 5.29. The fraction of sp³-hybridized carbons (Fsp3) is 0.341. The molecule has 1 atom stereocenters. The number of carbonyl (C=O) groups excluding carboxylic acids is 4. The summed E-state index contributed by atoms with van der Waals surface area (Å²) in [7, 11) is 2.53. The molecule has 0 saturated carbocycles. The molecule has 5 aromatic rings. The Morgan fingerprint density at radius 1 is 0.732 bits per heavy atom. The van der Waals surface area contributed by atoms with E-state index >= 15 is 0 Å². The second kappa shape index (κ2) is 18.2. The Hall–Kier alpha value is -6.51. The van der Waals surface area contributed by atoms with Gasteiger partial charge in [-0.3, -0.25) is 14.6 Å². The van der Waals surface area contributed by atoms with E-state index in [0.717, 1.165) is 53.0 Å². The summed E-state index contributed by atoms with van der Waals surface area (Å²) < 4.78 is 9.39. The molecule has 1 aliphatic rings. The monoisotopic (exact) mass is 761 g/mol. The van der Waals surface area contributed by atoms with Crippen molar-refractivity contribution in [1.29, 1.82) is 0 Å². The van der Waals surface area contributed by atoms with Gasteiger partial charge in [0.05, 0.1) is 51.1 Å². The van der Waals surface area contributed by atoms with Crippen LogP contribution >= 0.6 is 0 Å². The number of imidazole rings is 2. The molecule has 2 aromatic carbocycles. The minimum Gasteiger partial charge on any atom is -0.453 e. The molecule has 292 valence electrons. The van der Waals surface area contributed by atoms with Gasteiger partial charge >= 0.3 is 12.2 Å². The van der Waals surface area contributed by atoms with E-state index in [-0.39, 0.29) is 31.4 Å². The second-order valence-corrected chi connectivity index (χ2v) is 13.6. The first-order chi connectivity index (χ1) is 27.2. The Kier molecular flexibility index (Phi) is 12.7. The molecule has 4 N–H and O–H groups in total. The number of hydrogen-bond donors (Lipinski definition) is 4. The molecule has 3 heterocycles. The largest absolute Gasteiger partial charge is 0.453 e. The highest BCUT2D eigenvalue weighted by Gasteiger charge is 2.28. The van der Waals surface area contributed by atoms with Crippen molar-refractivity contribution < 1.29 is 28.7 Å². The molecule has 0 bridgehead atoms. The lowest BCUT2D eigenvalue weighted by molar-refractivity contribution is -0.134. The smallest absolute Gasteiger partial charge is 0.407 e. The lowest BCUT2D eigenvalue weighted by Gasteiger charge is -2.27. The third-order valence-electron chi connectivity index (χ3n) is 9.61. The fourth-order valence-electron chi connectivity index (χ4n) is 6.78. The molecule has 3 aromatic heterocycles. The number of ether oxygens (including phenoxy) is 2. The average molecular weight is 762 g/mol. The number of H-pyrrole nitrogens is 2. The van der Waals surface area contributed by atoms with E-state index < -0.39 is 18.2 Å². The lowest BCUT2D eigenvalue weighted by atomic mass is 9.87. The van der Waals surface area contributed by atoms with E-state index in [2.05, 4.69) is 59.6 Å². The van der Waals surface area contributed by atoms with Crippen LogP contribution in [0, 0.1) is 0 Å². The molecule has 0 aliphatic heterocycles. The Morgan fingerprint density at radius 2 is 1.38 bits per heavy atom. The van der Waals surface area contributed by atoms with Crippen LogP contribution in [-0.2, 0) is 45.0 Å². The highest BCUT2D eigenvalue weighted by atomic mass is 16.5. The third kappa shape index (κ3) is 9.40. The number of nitrogens with zero attached hydrogens (tertiary/aromatic N) is 5. The number of nitrogens with one attached hydrogen (secondary N) is 4. The van der Waals surface area contributed by atoms with Crippen LogP contribution in [0.1, 0.15) is 72.3 Å². The SMILES string of the molecule is CCCN(Cc1ncc(-c2ccc3c(c2)Cc2ncc(-c4cnc(CN(CCC)C(=O)[C@H](NC(=O)OC)c5ccccc5)[nH]4)cc2C3)[nH]1)C(=O)CNC(=O)OC. The Morgan fingerprint density at radius 3 is 2.05 bits per heavy atom. The van der Waals surface area contributed by atoms with E-state index in [1.165, 1.54) is 25.3 Å². The number of pyridine rings is 1. The van der Waals surface area contributed by atoms with Crippen LogP contribution in [0.15, 0.2) is 73.2 Å². The summed E-state index contributed by atoms with van der Waals surface area (Å²) in [6.07, 6.45) is 6.92. The molecular weight excluding hydrogens is 715 g/mol. The van der Waals surface area contributed by atoms with E-state index in [1.807, 2.05) is 38.2 Å². The quantitative estimate of drug-likeness (QED) is 0.108. The highest BCUT2D eigenvalue weighted by molar-refractivity contribution is 5.87. The minimum atomic E-state index is -0.909. The zero-order chi connectivity index (χ0) is 39.6. The molecule has 0 saturated heterocycles. The summed E-state index contributed by atoms with van der Waals surface area (Å²) in [6.45, 7) is 5.35. The number of alkyl carbamates (subject to hydrolysis) is 2. The summed E-state index contributed by atoms with van der Waals surface area (Å²) in [6, 6.07) is 16.7. The zero-order valence-corrected chi connectivity index (χ0v) is 32.1. The summed E-state index contributed by atoms with van der Waals surface area (Å²) in [5, 5.41) is 5.13. The van der Waals surface area contributed by atoms with Crippen molar-refractivity contribution >= 4 is 24.0 Å². The standard InChI is InChI=1S/C41H47N9O6/c1-5-14-49(37(51)23-45-40(53)55-3)24-35-43-21-33(46-35)28-13-12-27-16-30-18-31(20-42-32(30)19-29(27)17-28)34-22-44-36(47-34)25-50(15-6-2)39(52)38(48-41(54)56-4)26-10-8-7-9-11-26/h7-13,17-18,20-22,38H,5-6,14-16,19,23-25H2,1-4H3,(H,43,46)(H,44,47)(H,45,53)(H,48,54)/t38-/m1/s1. The average Bonchev–Trinajstić information content (AvgIpc) is 3.90. The third-order valence-corrected chi connectivity index (χ3v) is 9.61. The number of aromatic nitrogens is 5.